The van der Waals surface area contributed by atoms with E-state index in [-0.39, 0.29) is 16.3 Å². The molecule has 0 aliphatic rings. The van der Waals surface area contributed by atoms with E-state index in [0.717, 1.165) is 0 Å². The third kappa shape index (κ3) is 1.28. The standard InChI is InChI=1S/C7H5ClO3/c8-5-1-2-6(10)7(11)4(5)3-9/h1-3,10-11H. The summed E-state index contributed by atoms with van der Waals surface area (Å²) >= 11 is 5.50. The van der Waals surface area contributed by atoms with E-state index in [1.54, 1.807) is 0 Å². The van der Waals surface area contributed by atoms with Gasteiger partial charge in [0.1, 0.15) is 0 Å². The number of benzene rings is 1. The van der Waals surface area contributed by atoms with Crippen molar-refractivity contribution in [1.82, 2.24) is 0 Å². The lowest BCUT2D eigenvalue weighted by Gasteiger charge is -2.00. The molecular weight excluding hydrogens is 168 g/mol. The van der Waals surface area contributed by atoms with E-state index in [1.165, 1.54) is 12.1 Å². The van der Waals surface area contributed by atoms with Crippen LogP contribution in [-0.2, 0) is 0 Å². The molecule has 2 N–H and O–H groups in total. The number of carbonyl (C=O) groups excluding carboxylic acids is 1. The molecule has 0 spiro atoms. The molecular formula is C7H5ClO3. The van der Waals surface area contributed by atoms with Crippen LogP contribution in [0.1, 0.15) is 10.4 Å². The van der Waals surface area contributed by atoms with Gasteiger partial charge in [0.15, 0.2) is 17.8 Å². The van der Waals surface area contributed by atoms with E-state index < -0.39 is 5.75 Å². The monoisotopic (exact) mass is 172 g/mol. The van der Waals surface area contributed by atoms with Gasteiger partial charge in [0.05, 0.1) is 10.6 Å². The molecule has 0 aliphatic carbocycles. The zero-order valence-corrected chi connectivity index (χ0v) is 6.17. The lowest BCUT2D eigenvalue weighted by molar-refractivity contribution is 0.112. The second kappa shape index (κ2) is 2.80. The molecule has 0 saturated carbocycles. The Bertz CT molecular complexity index is 296. The van der Waals surface area contributed by atoms with Crippen molar-refractivity contribution in [2.75, 3.05) is 0 Å². The van der Waals surface area contributed by atoms with Gasteiger partial charge in [0.25, 0.3) is 0 Å². The van der Waals surface area contributed by atoms with Gasteiger partial charge in [0.2, 0.25) is 0 Å². The summed E-state index contributed by atoms with van der Waals surface area (Å²) < 4.78 is 0. The zero-order chi connectivity index (χ0) is 8.43. The Morgan fingerprint density at radius 1 is 1.36 bits per heavy atom. The molecule has 0 atom stereocenters. The Morgan fingerprint density at radius 2 is 2.00 bits per heavy atom. The van der Waals surface area contributed by atoms with Crippen molar-refractivity contribution in [2.24, 2.45) is 0 Å². The fourth-order valence-corrected chi connectivity index (χ4v) is 0.881. The Kier molecular flexibility index (Phi) is 2.01. The summed E-state index contributed by atoms with van der Waals surface area (Å²) in [6.45, 7) is 0. The van der Waals surface area contributed by atoms with E-state index in [4.69, 9.17) is 21.8 Å². The highest BCUT2D eigenvalue weighted by atomic mass is 35.5. The predicted molar refractivity (Wildman–Crippen MR) is 40.2 cm³/mol. The molecule has 0 bridgehead atoms. The molecule has 0 fully saturated rings. The lowest BCUT2D eigenvalue weighted by atomic mass is 10.2. The number of hydrogen-bond acceptors (Lipinski definition) is 3. The van der Waals surface area contributed by atoms with Crippen molar-refractivity contribution in [3.63, 3.8) is 0 Å². The summed E-state index contributed by atoms with van der Waals surface area (Å²) in [5.74, 6) is -0.830. The molecule has 3 nitrogen and oxygen atoms in total. The summed E-state index contributed by atoms with van der Waals surface area (Å²) in [6.07, 6.45) is 0.386. The first-order chi connectivity index (χ1) is 5.16. The molecule has 58 valence electrons. The first-order valence-corrected chi connectivity index (χ1v) is 3.20. The molecule has 1 aromatic rings. The number of phenolic OH excluding ortho intramolecular Hbond substituents is 2. The topological polar surface area (TPSA) is 57.5 Å². The van der Waals surface area contributed by atoms with Crippen LogP contribution in [0.3, 0.4) is 0 Å². The second-order valence-corrected chi connectivity index (χ2v) is 2.35. The van der Waals surface area contributed by atoms with Crippen LogP contribution in [0.5, 0.6) is 11.5 Å². The number of aldehydes is 1. The Morgan fingerprint density at radius 3 is 2.45 bits per heavy atom. The fourth-order valence-electron chi connectivity index (χ4n) is 0.684. The highest BCUT2D eigenvalue weighted by molar-refractivity contribution is 6.33. The largest absolute Gasteiger partial charge is 0.504 e. The molecule has 4 heteroatoms. The molecule has 0 aromatic heterocycles. The zero-order valence-electron chi connectivity index (χ0n) is 5.41. The van der Waals surface area contributed by atoms with Crippen molar-refractivity contribution in [3.05, 3.63) is 22.7 Å². The molecule has 11 heavy (non-hydrogen) atoms. The van der Waals surface area contributed by atoms with Crippen molar-refractivity contribution in [1.29, 1.82) is 0 Å². The molecule has 0 aliphatic heterocycles. The fraction of sp³-hybridized carbons (Fsp3) is 0. The van der Waals surface area contributed by atoms with Gasteiger partial charge in [-0.1, -0.05) is 11.6 Å². The number of phenols is 2. The van der Waals surface area contributed by atoms with E-state index in [1.807, 2.05) is 0 Å². The molecule has 0 amide bonds. The highest BCUT2D eigenvalue weighted by Crippen LogP contribution is 2.32. The number of carbonyl (C=O) groups is 1. The van der Waals surface area contributed by atoms with E-state index in [9.17, 15) is 4.79 Å². The van der Waals surface area contributed by atoms with Crippen molar-refractivity contribution in [3.8, 4) is 11.5 Å². The number of halogens is 1. The van der Waals surface area contributed by atoms with Crippen molar-refractivity contribution < 1.29 is 15.0 Å². The first-order valence-electron chi connectivity index (χ1n) is 2.82. The Labute approximate surface area is 67.8 Å². The van der Waals surface area contributed by atoms with Gasteiger partial charge in [-0.15, -0.1) is 0 Å². The van der Waals surface area contributed by atoms with Crippen LogP contribution < -0.4 is 0 Å². The SMILES string of the molecule is O=Cc1c(Cl)ccc(O)c1O. The predicted octanol–water partition coefficient (Wildman–Crippen LogP) is 1.56. The van der Waals surface area contributed by atoms with E-state index >= 15 is 0 Å². The van der Waals surface area contributed by atoms with Crippen molar-refractivity contribution in [2.45, 2.75) is 0 Å². The molecule has 1 rings (SSSR count). The summed E-state index contributed by atoms with van der Waals surface area (Å²) in [7, 11) is 0. The average molecular weight is 173 g/mol. The maximum Gasteiger partial charge on any atom is 0.169 e. The van der Waals surface area contributed by atoms with Gasteiger partial charge in [-0.2, -0.15) is 0 Å². The maximum absolute atomic E-state index is 10.2. The minimum Gasteiger partial charge on any atom is -0.504 e. The van der Waals surface area contributed by atoms with Gasteiger partial charge in [-0.05, 0) is 12.1 Å². The van der Waals surface area contributed by atoms with Crippen LogP contribution in [0.4, 0.5) is 0 Å². The minimum absolute atomic E-state index is 0.0910. The second-order valence-electron chi connectivity index (χ2n) is 1.95. The van der Waals surface area contributed by atoms with E-state index in [2.05, 4.69) is 0 Å². The summed E-state index contributed by atoms with van der Waals surface area (Å²) in [4.78, 5) is 10.2. The number of aromatic hydroxyl groups is 2. The van der Waals surface area contributed by atoms with E-state index in [0.29, 0.717) is 6.29 Å². The minimum atomic E-state index is -0.479. The van der Waals surface area contributed by atoms with Gasteiger partial charge in [0, 0.05) is 0 Å². The third-order valence-electron chi connectivity index (χ3n) is 1.26. The Balaban J connectivity index is 3.40. The Hall–Kier alpha value is -1.22. The maximum atomic E-state index is 10.2. The van der Waals surface area contributed by atoms with Crippen LogP contribution in [0, 0.1) is 0 Å². The molecule has 0 heterocycles. The summed E-state index contributed by atoms with van der Waals surface area (Å²) in [5.41, 5.74) is -0.0910. The third-order valence-corrected chi connectivity index (χ3v) is 1.59. The van der Waals surface area contributed by atoms with Gasteiger partial charge in [-0.25, -0.2) is 0 Å². The summed E-state index contributed by atoms with van der Waals surface area (Å²) in [5, 5.41) is 18.0. The quantitative estimate of drug-likeness (QED) is 0.499. The average Bonchev–Trinajstić information content (AvgIpc) is 1.99. The summed E-state index contributed by atoms with van der Waals surface area (Å²) in [6, 6.07) is 2.55. The van der Waals surface area contributed by atoms with Gasteiger partial charge < -0.3 is 10.2 Å². The van der Waals surface area contributed by atoms with Crippen LogP contribution in [-0.4, -0.2) is 16.5 Å². The van der Waals surface area contributed by atoms with Crippen LogP contribution in [0.25, 0.3) is 0 Å². The molecule has 0 radical (unpaired) electrons. The molecule has 0 unspecified atom stereocenters. The van der Waals surface area contributed by atoms with Crippen LogP contribution >= 0.6 is 11.6 Å². The van der Waals surface area contributed by atoms with Crippen molar-refractivity contribution >= 4 is 17.9 Å². The smallest absolute Gasteiger partial charge is 0.169 e. The van der Waals surface area contributed by atoms with Gasteiger partial charge >= 0.3 is 0 Å². The first kappa shape index (κ1) is 7.88. The normalized spacial score (nSPS) is 9.55. The number of hydrogen-bond donors (Lipinski definition) is 2. The lowest BCUT2D eigenvalue weighted by Crippen LogP contribution is -1.82. The van der Waals surface area contributed by atoms with Crippen LogP contribution in [0.15, 0.2) is 12.1 Å². The van der Waals surface area contributed by atoms with Crippen LogP contribution in [0.2, 0.25) is 5.02 Å². The van der Waals surface area contributed by atoms with Gasteiger partial charge in [-0.3, -0.25) is 4.79 Å². The number of rotatable bonds is 1. The highest BCUT2D eigenvalue weighted by Gasteiger charge is 2.08. The molecule has 0 saturated heterocycles. The molecule has 1 aromatic carbocycles.